The van der Waals surface area contributed by atoms with Crippen molar-refractivity contribution in [2.45, 2.75) is 16.7 Å². The van der Waals surface area contributed by atoms with E-state index in [1.54, 1.807) is 18.0 Å². The number of nitrogen functional groups attached to an aromatic ring is 1. The van der Waals surface area contributed by atoms with Gasteiger partial charge in [-0.2, -0.15) is 0 Å². The molecule has 0 saturated carbocycles. The molecule has 1 aliphatic carbocycles. The minimum absolute atomic E-state index is 0.192. The highest BCUT2D eigenvalue weighted by Crippen LogP contribution is 2.39. The average molecular weight is 308 g/mol. The lowest BCUT2D eigenvalue weighted by molar-refractivity contribution is 0.530. The van der Waals surface area contributed by atoms with E-state index in [4.69, 9.17) is 5.73 Å². The summed E-state index contributed by atoms with van der Waals surface area (Å²) in [4.78, 5) is 13.2. The standard InChI is InChI=1S/C13H13FN4S2/c1-19-13-11(15)16-6-9(18-13)12-17-8-3-2-7(5-14)4-10(8)20-12/h2-3,6,10H,4-5H2,1H3,(H2,15,16). The second-order valence-electron chi connectivity index (χ2n) is 4.43. The first-order valence-corrected chi connectivity index (χ1v) is 8.19. The molecule has 1 unspecified atom stereocenters. The third-order valence-electron chi connectivity index (χ3n) is 3.10. The van der Waals surface area contributed by atoms with Crippen molar-refractivity contribution in [3.05, 3.63) is 35.3 Å². The lowest BCUT2D eigenvalue weighted by Gasteiger charge is -2.14. The fraction of sp³-hybridized carbons (Fsp3) is 0.308. The van der Waals surface area contributed by atoms with Gasteiger partial charge in [0.2, 0.25) is 0 Å². The highest BCUT2D eigenvalue weighted by atomic mass is 32.2. The number of allylic oxidation sites excluding steroid dienone is 3. The highest BCUT2D eigenvalue weighted by Gasteiger charge is 2.29. The molecule has 1 atom stereocenters. The van der Waals surface area contributed by atoms with Crippen molar-refractivity contribution in [3.63, 3.8) is 0 Å². The summed E-state index contributed by atoms with van der Waals surface area (Å²) in [6.07, 6.45) is 7.97. The van der Waals surface area contributed by atoms with Gasteiger partial charge in [0, 0.05) is 0 Å². The van der Waals surface area contributed by atoms with Crippen molar-refractivity contribution in [1.82, 2.24) is 9.97 Å². The molecule has 0 amide bonds. The topological polar surface area (TPSA) is 64.2 Å². The summed E-state index contributed by atoms with van der Waals surface area (Å²) in [5.74, 6) is 0.433. The molecule has 3 rings (SSSR count). The lowest BCUT2D eigenvalue weighted by Crippen LogP contribution is -2.08. The number of alkyl halides is 1. The summed E-state index contributed by atoms with van der Waals surface area (Å²) in [7, 11) is 0. The average Bonchev–Trinajstić information content (AvgIpc) is 2.90. The Balaban J connectivity index is 1.89. The second-order valence-corrected chi connectivity index (χ2v) is 6.41. The van der Waals surface area contributed by atoms with E-state index in [0.29, 0.717) is 17.3 Å². The summed E-state index contributed by atoms with van der Waals surface area (Å²) in [5, 5.41) is 1.73. The minimum Gasteiger partial charge on any atom is -0.381 e. The third kappa shape index (κ3) is 2.47. The Morgan fingerprint density at radius 2 is 2.35 bits per heavy atom. The Morgan fingerprint density at radius 3 is 3.10 bits per heavy atom. The van der Waals surface area contributed by atoms with E-state index >= 15 is 0 Å². The van der Waals surface area contributed by atoms with Crippen LogP contribution in [0.15, 0.2) is 39.6 Å². The molecule has 1 aromatic heterocycles. The molecule has 1 aliphatic heterocycles. The fourth-order valence-electron chi connectivity index (χ4n) is 2.06. The fourth-order valence-corrected chi connectivity index (χ4v) is 3.71. The van der Waals surface area contributed by atoms with E-state index in [1.807, 2.05) is 18.4 Å². The Kier molecular flexibility index (Phi) is 3.80. The summed E-state index contributed by atoms with van der Waals surface area (Å²) >= 11 is 3.07. The predicted molar refractivity (Wildman–Crippen MR) is 82.9 cm³/mol. The van der Waals surface area contributed by atoms with Crippen LogP contribution in [0.5, 0.6) is 0 Å². The van der Waals surface area contributed by atoms with Gasteiger partial charge in [-0.05, 0) is 24.3 Å². The van der Waals surface area contributed by atoms with Gasteiger partial charge in [-0.25, -0.2) is 19.4 Å². The minimum atomic E-state index is -0.394. The number of nitrogens with zero attached hydrogens (tertiary/aromatic N) is 3. The van der Waals surface area contributed by atoms with E-state index in [9.17, 15) is 4.39 Å². The Labute approximate surface area is 124 Å². The normalized spacial score (nSPS) is 21.1. The van der Waals surface area contributed by atoms with E-state index in [2.05, 4.69) is 15.0 Å². The number of aliphatic imine (C=N–C) groups is 1. The van der Waals surface area contributed by atoms with Gasteiger partial charge in [0.1, 0.15) is 22.4 Å². The molecule has 0 fully saturated rings. The quantitative estimate of drug-likeness (QED) is 0.870. The summed E-state index contributed by atoms with van der Waals surface area (Å²) in [5.41, 5.74) is 8.27. The van der Waals surface area contributed by atoms with Crippen LogP contribution in [0.1, 0.15) is 12.1 Å². The van der Waals surface area contributed by atoms with Crippen LogP contribution in [0.25, 0.3) is 0 Å². The lowest BCUT2D eigenvalue weighted by atomic mass is 10.0. The van der Waals surface area contributed by atoms with Gasteiger partial charge in [0.15, 0.2) is 5.82 Å². The van der Waals surface area contributed by atoms with Crippen LogP contribution in [0, 0.1) is 0 Å². The third-order valence-corrected chi connectivity index (χ3v) is 5.01. The van der Waals surface area contributed by atoms with E-state index < -0.39 is 6.67 Å². The van der Waals surface area contributed by atoms with Gasteiger partial charge >= 0.3 is 0 Å². The molecule has 104 valence electrons. The van der Waals surface area contributed by atoms with Gasteiger partial charge in [-0.15, -0.1) is 11.8 Å². The molecule has 1 aromatic rings. The van der Waals surface area contributed by atoms with E-state index in [1.165, 1.54) is 11.8 Å². The summed E-state index contributed by atoms with van der Waals surface area (Å²) < 4.78 is 12.7. The van der Waals surface area contributed by atoms with Crippen molar-refractivity contribution in [2.75, 3.05) is 18.7 Å². The number of nitrogens with two attached hydrogens (primary N) is 1. The van der Waals surface area contributed by atoms with Crippen LogP contribution in [0.4, 0.5) is 10.2 Å². The molecule has 0 saturated heterocycles. The van der Waals surface area contributed by atoms with Gasteiger partial charge in [-0.3, -0.25) is 0 Å². The monoisotopic (exact) mass is 308 g/mol. The first kappa shape index (κ1) is 13.6. The molecule has 2 aliphatic rings. The highest BCUT2D eigenvalue weighted by molar-refractivity contribution is 8.15. The number of fused-ring (bicyclic) bond motifs is 1. The molecule has 0 spiro atoms. The molecule has 4 nitrogen and oxygen atoms in total. The van der Waals surface area contributed by atoms with Crippen molar-refractivity contribution in [3.8, 4) is 0 Å². The Bertz CT molecular complexity index is 639. The zero-order chi connectivity index (χ0) is 14.1. The van der Waals surface area contributed by atoms with Crippen molar-refractivity contribution < 1.29 is 4.39 Å². The Hall–Kier alpha value is -1.34. The van der Waals surface area contributed by atoms with E-state index in [-0.39, 0.29) is 5.25 Å². The summed E-state index contributed by atoms with van der Waals surface area (Å²) in [6, 6.07) is 0. The molecule has 2 heterocycles. The van der Waals surface area contributed by atoms with Crippen LogP contribution >= 0.6 is 23.5 Å². The van der Waals surface area contributed by atoms with E-state index in [0.717, 1.165) is 22.0 Å². The number of anilines is 1. The second kappa shape index (κ2) is 5.57. The smallest absolute Gasteiger partial charge is 0.156 e. The van der Waals surface area contributed by atoms with Crippen LogP contribution in [-0.4, -0.2) is 33.2 Å². The van der Waals surface area contributed by atoms with Gasteiger partial charge < -0.3 is 5.73 Å². The number of thioether (sulfide) groups is 2. The maximum absolute atomic E-state index is 12.7. The zero-order valence-electron chi connectivity index (χ0n) is 10.8. The summed E-state index contributed by atoms with van der Waals surface area (Å²) in [6.45, 7) is -0.394. The van der Waals surface area contributed by atoms with Crippen LogP contribution < -0.4 is 5.73 Å². The predicted octanol–water partition coefficient (Wildman–Crippen LogP) is 2.83. The number of halogens is 1. The molecule has 2 N–H and O–H groups in total. The van der Waals surface area contributed by atoms with Gasteiger partial charge in [0.25, 0.3) is 0 Å². The van der Waals surface area contributed by atoms with Crippen molar-refractivity contribution >= 4 is 34.4 Å². The van der Waals surface area contributed by atoms with Crippen molar-refractivity contribution in [1.29, 1.82) is 0 Å². The molecule has 0 radical (unpaired) electrons. The molecular weight excluding hydrogens is 295 g/mol. The van der Waals surface area contributed by atoms with Gasteiger partial charge in [0.05, 0.1) is 17.1 Å². The first-order chi connectivity index (χ1) is 9.71. The number of aromatic nitrogens is 2. The SMILES string of the molecule is CSc1nc(C2=NC3=CC=C(CF)CC3S2)cnc1N. The zero-order valence-corrected chi connectivity index (χ0v) is 12.5. The van der Waals surface area contributed by atoms with Crippen molar-refractivity contribution in [2.24, 2.45) is 4.99 Å². The van der Waals surface area contributed by atoms with Gasteiger partial charge in [-0.1, -0.05) is 17.8 Å². The number of rotatable bonds is 3. The number of hydrogen-bond donors (Lipinski definition) is 1. The van der Waals surface area contributed by atoms with Crippen LogP contribution in [0.3, 0.4) is 0 Å². The largest absolute Gasteiger partial charge is 0.381 e. The maximum Gasteiger partial charge on any atom is 0.156 e. The molecule has 0 bridgehead atoms. The number of hydrogen-bond acceptors (Lipinski definition) is 6. The first-order valence-electron chi connectivity index (χ1n) is 6.09. The maximum atomic E-state index is 12.7. The molecule has 0 aromatic carbocycles. The van der Waals surface area contributed by atoms with Crippen LogP contribution in [-0.2, 0) is 0 Å². The van der Waals surface area contributed by atoms with Crippen LogP contribution in [0.2, 0.25) is 0 Å². The molecule has 7 heteroatoms. The Morgan fingerprint density at radius 1 is 1.50 bits per heavy atom. The molecule has 20 heavy (non-hydrogen) atoms. The molecular formula is C13H13FN4S2.